The van der Waals surface area contributed by atoms with Gasteiger partial charge < -0.3 is 14.7 Å². The lowest BCUT2D eigenvalue weighted by molar-refractivity contribution is 0.745. The average molecular weight is 908 g/mol. The maximum absolute atomic E-state index is 2.50. The van der Waals surface area contributed by atoms with Gasteiger partial charge in [0.2, 0.25) is 0 Å². The summed E-state index contributed by atoms with van der Waals surface area (Å²) in [6.45, 7) is 0. The molecule has 11 aromatic rings. The fourth-order valence-corrected chi connectivity index (χ4v) is 11.0. The maximum atomic E-state index is 2.50. The lowest BCUT2D eigenvalue weighted by atomic mass is 9.91. The van der Waals surface area contributed by atoms with Crippen molar-refractivity contribution in [1.29, 1.82) is 0 Å². The smallest absolute Gasteiger partial charge is 0.0629 e. The second kappa shape index (κ2) is 18.0. The van der Waals surface area contributed by atoms with Crippen LogP contribution in [0.1, 0.15) is 11.5 Å². The van der Waals surface area contributed by atoms with E-state index in [1.807, 2.05) is 0 Å². The molecule has 71 heavy (non-hydrogen) atoms. The Labute approximate surface area is 415 Å². The molecule has 0 fully saturated rings. The number of hydrogen-bond donors (Lipinski definition) is 0. The summed E-state index contributed by atoms with van der Waals surface area (Å²) in [5.41, 5.74) is 17.6. The van der Waals surface area contributed by atoms with E-state index in [1.165, 1.54) is 66.3 Å². The van der Waals surface area contributed by atoms with Crippen molar-refractivity contribution >= 4 is 67.0 Å². The van der Waals surface area contributed by atoms with Gasteiger partial charge in [-0.3, -0.25) is 0 Å². The standard InChI is InChI=1S/C68H49N3/c1-4-17-48(18-5-1)50-31-37-55(38-32-50)69(56-39-33-51(34-40-56)49-19-6-2-7-20-49)57-41-35-53(36-42-57)59-44-46-67(62-27-13-12-26-61(59)62)71(65-30-16-22-52-21-10-11-25-60(52)65)58-43-45-68-64(47-58)63-28-14-15-29-66(63)70(68)54-23-8-3-9-24-54/h1-47,63,66H. The summed E-state index contributed by atoms with van der Waals surface area (Å²) in [7, 11) is 0. The van der Waals surface area contributed by atoms with E-state index in [-0.39, 0.29) is 12.0 Å². The number of hydrogen-bond acceptors (Lipinski definition) is 3. The van der Waals surface area contributed by atoms with Gasteiger partial charge in [-0.05, 0) is 129 Å². The van der Waals surface area contributed by atoms with E-state index in [0.717, 1.165) is 39.7 Å². The normalized spacial score (nSPS) is 14.6. The van der Waals surface area contributed by atoms with E-state index in [9.17, 15) is 0 Å². The highest BCUT2D eigenvalue weighted by Crippen LogP contribution is 2.51. The van der Waals surface area contributed by atoms with Crippen LogP contribution in [0.25, 0.3) is 54.9 Å². The molecule has 0 aromatic heterocycles. The number of rotatable bonds is 10. The van der Waals surface area contributed by atoms with Crippen LogP contribution in [0.2, 0.25) is 0 Å². The molecule has 3 nitrogen and oxygen atoms in total. The zero-order valence-electron chi connectivity index (χ0n) is 39.1. The third-order valence-corrected chi connectivity index (χ3v) is 14.4. The number of allylic oxidation sites excluding steroid dienone is 2. The first-order chi connectivity index (χ1) is 35.2. The molecule has 0 N–H and O–H groups in total. The number of anilines is 8. The summed E-state index contributed by atoms with van der Waals surface area (Å²) in [4.78, 5) is 7.35. The molecule has 2 atom stereocenters. The number of nitrogens with zero attached hydrogens (tertiary/aromatic N) is 3. The highest BCUT2D eigenvalue weighted by Gasteiger charge is 2.38. The lowest BCUT2D eigenvalue weighted by Crippen LogP contribution is -2.28. The van der Waals surface area contributed by atoms with Crippen molar-refractivity contribution in [2.75, 3.05) is 14.7 Å². The van der Waals surface area contributed by atoms with E-state index in [0.29, 0.717) is 0 Å². The third kappa shape index (κ3) is 7.65. The molecule has 336 valence electrons. The first-order valence-electron chi connectivity index (χ1n) is 24.6. The highest BCUT2D eigenvalue weighted by molar-refractivity contribution is 6.09. The Morgan fingerprint density at radius 1 is 0.324 bits per heavy atom. The lowest BCUT2D eigenvalue weighted by Gasteiger charge is -2.30. The topological polar surface area (TPSA) is 9.72 Å². The molecule has 0 radical (unpaired) electrons. The number of fused-ring (bicyclic) bond motifs is 5. The van der Waals surface area contributed by atoms with E-state index in [2.05, 4.69) is 300 Å². The van der Waals surface area contributed by atoms with Gasteiger partial charge >= 0.3 is 0 Å². The number of benzene rings is 11. The van der Waals surface area contributed by atoms with Crippen LogP contribution < -0.4 is 14.7 Å². The fraction of sp³-hybridized carbons (Fsp3) is 0.0294. The first-order valence-corrected chi connectivity index (χ1v) is 24.6. The first kappa shape index (κ1) is 42.0. The molecule has 0 bridgehead atoms. The summed E-state index contributed by atoms with van der Waals surface area (Å²) in [6, 6.07) is 95.2. The van der Waals surface area contributed by atoms with Crippen molar-refractivity contribution in [3.63, 3.8) is 0 Å². The van der Waals surface area contributed by atoms with Crippen LogP contribution in [0.3, 0.4) is 0 Å². The Balaban J connectivity index is 0.911. The molecule has 0 amide bonds. The van der Waals surface area contributed by atoms with Crippen LogP contribution in [0, 0.1) is 0 Å². The second-order valence-corrected chi connectivity index (χ2v) is 18.5. The van der Waals surface area contributed by atoms with Crippen LogP contribution in [0.4, 0.5) is 45.5 Å². The zero-order chi connectivity index (χ0) is 47.1. The van der Waals surface area contributed by atoms with Crippen molar-refractivity contribution in [2.24, 2.45) is 0 Å². The van der Waals surface area contributed by atoms with E-state index >= 15 is 0 Å². The van der Waals surface area contributed by atoms with E-state index < -0.39 is 0 Å². The molecule has 13 rings (SSSR count). The summed E-state index contributed by atoms with van der Waals surface area (Å²) >= 11 is 0. The van der Waals surface area contributed by atoms with Gasteiger partial charge in [0.1, 0.15) is 0 Å². The molecular formula is C68H49N3. The molecule has 1 heterocycles. The predicted octanol–water partition coefficient (Wildman–Crippen LogP) is 18.7. The predicted molar refractivity (Wildman–Crippen MR) is 301 cm³/mol. The van der Waals surface area contributed by atoms with Crippen LogP contribution in [0.5, 0.6) is 0 Å². The number of para-hydroxylation sites is 1. The van der Waals surface area contributed by atoms with Crippen molar-refractivity contribution in [3.8, 4) is 33.4 Å². The van der Waals surface area contributed by atoms with Gasteiger partial charge in [0.05, 0.1) is 17.4 Å². The summed E-state index contributed by atoms with van der Waals surface area (Å²) in [5, 5.41) is 4.80. The molecule has 0 saturated heterocycles. The Bertz CT molecular complexity index is 3660. The minimum atomic E-state index is 0.206. The quantitative estimate of drug-likeness (QED) is 0.135. The van der Waals surface area contributed by atoms with Crippen molar-refractivity contribution in [2.45, 2.75) is 12.0 Å². The minimum absolute atomic E-state index is 0.206. The molecule has 1 aliphatic heterocycles. The van der Waals surface area contributed by atoms with Crippen molar-refractivity contribution < 1.29 is 0 Å². The summed E-state index contributed by atoms with van der Waals surface area (Å²) < 4.78 is 0. The van der Waals surface area contributed by atoms with Crippen LogP contribution >= 0.6 is 0 Å². The fourth-order valence-electron chi connectivity index (χ4n) is 11.0. The zero-order valence-corrected chi connectivity index (χ0v) is 39.1. The Kier molecular flexibility index (Phi) is 10.7. The second-order valence-electron chi connectivity index (χ2n) is 18.5. The highest BCUT2D eigenvalue weighted by atomic mass is 15.2. The Morgan fingerprint density at radius 3 is 1.46 bits per heavy atom. The third-order valence-electron chi connectivity index (χ3n) is 14.4. The van der Waals surface area contributed by atoms with Crippen LogP contribution in [-0.4, -0.2) is 6.04 Å². The van der Waals surface area contributed by atoms with Gasteiger partial charge in [0, 0.05) is 50.8 Å². The van der Waals surface area contributed by atoms with E-state index in [4.69, 9.17) is 0 Å². The molecule has 0 saturated carbocycles. The SMILES string of the molecule is C1=CC2c3cc(N(c4cccc5ccccc45)c4ccc(-c5ccc(N(c6ccc(-c7ccccc7)cc6)c6ccc(-c7ccccc7)cc6)cc5)c5ccccc45)ccc3N(c3ccccc3)C2C=C1. The summed E-state index contributed by atoms with van der Waals surface area (Å²) in [6.07, 6.45) is 9.12. The van der Waals surface area contributed by atoms with Gasteiger partial charge in [-0.1, -0.05) is 206 Å². The molecule has 3 heteroatoms. The van der Waals surface area contributed by atoms with Crippen molar-refractivity contribution in [3.05, 3.63) is 291 Å². The molecule has 11 aromatic carbocycles. The van der Waals surface area contributed by atoms with Gasteiger partial charge in [-0.15, -0.1) is 0 Å². The van der Waals surface area contributed by atoms with Crippen molar-refractivity contribution in [1.82, 2.24) is 0 Å². The maximum Gasteiger partial charge on any atom is 0.0629 e. The molecule has 2 unspecified atom stereocenters. The van der Waals surface area contributed by atoms with Crippen LogP contribution in [-0.2, 0) is 0 Å². The van der Waals surface area contributed by atoms with Gasteiger partial charge in [0.25, 0.3) is 0 Å². The van der Waals surface area contributed by atoms with Gasteiger partial charge in [-0.25, -0.2) is 0 Å². The Morgan fingerprint density at radius 2 is 0.817 bits per heavy atom. The summed E-state index contributed by atoms with van der Waals surface area (Å²) in [5.74, 6) is 0.227. The molecule has 0 spiro atoms. The molecule has 1 aliphatic carbocycles. The minimum Gasteiger partial charge on any atom is -0.333 e. The monoisotopic (exact) mass is 907 g/mol. The van der Waals surface area contributed by atoms with Gasteiger partial charge in [0.15, 0.2) is 0 Å². The van der Waals surface area contributed by atoms with Gasteiger partial charge in [-0.2, -0.15) is 0 Å². The largest absolute Gasteiger partial charge is 0.333 e. The van der Waals surface area contributed by atoms with Crippen LogP contribution in [0.15, 0.2) is 285 Å². The molecule has 2 aliphatic rings. The average Bonchev–Trinajstić information content (AvgIpc) is 3.78. The molecular weight excluding hydrogens is 859 g/mol. The van der Waals surface area contributed by atoms with E-state index in [1.54, 1.807) is 0 Å². The Hall–Kier alpha value is -9.18.